The van der Waals surface area contributed by atoms with Gasteiger partial charge in [0.2, 0.25) is 11.8 Å². The molecular formula is C50H60N8O8. The first-order valence-electron chi connectivity index (χ1n) is 23.3. The topological polar surface area (TPSA) is 193 Å². The highest BCUT2D eigenvalue weighted by Gasteiger charge is 2.44. The van der Waals surface area contributed by atoms with Crippen LogP contribution in [0, 0.1) is 23.7 Å². The number of imidazole rings is 2. The van der Waals surface area contributed by atoms with E-state index in [1.807, 2.05) is 22.2 Å². The van der Waals surface area contributed by atoms with Crippen molar-refractivity contribution in [3.05, 3.63) is 84.7 Å². The second-order valence-corrected chi connectivity index (χ2v) is 18.5. The molecule has 4 aliphatic rings. The SMILES string of the molecule is COC(=O)N[C@H](C(=O)N1C[C@@H](C)C[C@H]1c1ncc(-c2ccc(-c3ccc4cc(-c5cnc([C@@H]6C[C@H](C)CN6C(=O)[C@@H](NC(=O)OC)C6CCOCC6)[nH]5)ccc4c3)cc2)[nH]1)C1CCOCC1. The smallest absolute Gasteiger partial charge is 0.407 e. The molecule has 6 atom stereocenters. The predicted octanol–water partition coefficient (Wildman–Crippen LogP) is 7.41. The molecule has 4 N–H and O–H groups in total. The Morgan fingerprint density at radius 2 is 1.02 bits per heavy atom. The molecule has 9 rings (SSSR count). The summed E-state index contributed by atoms with van der Waals surface area (Å²) in [6.07, 6.45) is 6.71. The monoisotopic (exact) mass is 900 g/mol. The minimum Gasteiger partial charge on any atom is -0.453 e. The van der Waals surface area contributed by atoms with E-state index in [-0.39, 0.29) is 47.6 Å². The molecule has 3 aromatic carbocycles. The van der Waals surface area contributed by atoms with Gasteiger partial charge in [-0.1, -0.05) is 62.4 Å². The lowest BCUT2D eigenvalue weighted by atomic mass is 9.90. The predicted molar refractivity (Wildman–Crippen MR) is 247 cm³/mol. The number of likely N-dealkylation sites (tertiary alicyclic amines) is 2. The Hall–Kier alpha value is -6.26. The van der Waals surface area contributed by atoms with Gasteiger partial charge in [-0.05, 0) is 102 Å². The molecule has 6 heterocycles. The minimum atomic E-state index is -0.699. The molecule has 4 amide bonds. The van der Waals surface area contributed by atoms with Gasteiger partial charge in [-0.25, -0.2) is 19.6 Å². The molecule has 0 unspecified atom stereocenters. The van der Waals surface area contributed by atoms with Crippen molar-refractivity contribution in [2.75, 3.05) is 53.7 Å². The van der Waals surface area contributed by atoms with Crippen LogP contribution in [0.5, 0.6) is 0 Å². The second kappa shape index (κ2) is 19.7. The highest BCUT2D eigenvalue weighted by Crippen LogP contribution is 2.39. The van der Waals surface area contributed by atoms with Gasteiger partial charge < -0.3 is 49.3 Å². The number of carbonyl (C=O) groups excluding carboxylic acids is 4. The van der Waals surface area contributed by atoms with Gasteiger partial charge in [-0.2, -0.15) is 0 Å². The van der Waals surface area contributed by atoms with Gasteiger partial charge in [0, 0.05) is 45.1 Å². The zero-order valence-electron chi connectivity index (χ0n) is 38.1. The molecule has 348 valence electrons. The number of carbonyl (C=O) groups is 4. The van der Waals surface area contributed by atoms with Crippen LogP contribution in [0.2, 0.25) is 0 Å². The van der Waals surface area contributed by atoms with Crippen molar-refractivity contribution in [3.63, 3.8) is 0 Å². The Morgan fingerprint density at radius 3 is 1.48 bits per heavy atom. The van der Waals surface area contributed by atoms with Crippen molar-refractivity contribution in [2.24, 2.45) is 23.7 Å². The molecule has 4 fully saturated rings. The van der Waals surface area contributed by atoms with E-state index in [0.29, 0.717) is 65.2 Å². The number of amides is 4. The third-order valence-electron chi connectivity index (χ3n) is 14.0. The number of ether oxygens (including phenoxy) is 4. The highest BCUT2D eigenvalue weighted by atomic mass is 16.5. The summed E-state index contributed by atoms with van der Waals surface area (Å²) in [5.41, 5.74) is 5.87. The van der Waals surface area contributed by atoms with Crippen molar-refractivity contribution in [2.45, 2.75) is 76.5 Å². The largest absolute Gasteiger partial charge is 0.453 e. The first-order chi connectivity index (χ1) is 32.1. The number of benzene rings is 3. The second-order valence-electron chi connectivity index (χ2n) is 18.5. The molecule has 4 aliphatic heterocycles. The fraction of sp³-hybridized carbons (Fsp3) is 0.480. The first kappa shape index (κ1) is 44.9. The van der Waals surface area contributed by atoms with Gasteiger partial charge in [0.1, 0.15) is 23.7 Å². The summed E-state index contributed by atoms with van der Waals surface area (Å²) >= 11 is 0. The van der Waals surface area contributed by atoms with Crippen LogP contribution in [-0.2, 0) is 28.5 Å². The lowest BCUT2D eigenvalue weighted by Gasteiger charge is -2.34. The number of methoxy groups -OCH3 is 2. The van der Waals surface area contributed by atoms with Crippen molar-refractivity contribution in [3.8, 4) is 33.6 Å². The van der Waals surface area contributed by atoms with Crippen molar-refractivity contribution >= 4 is 34.8 Å². The summed E-state index contributed by atoms with van der Waals surface area (Å²) < 4.78 is 20.9. The summed E-state index contributed by atoms with van der Waals surface area (Å²) in [6.45, 7) is 7.65. The number of nitrogens with zero attached hydrogens (tertiary/aromatic N) is 4. The molecule has 0 spiro atoms. The number of hydrogen-bond acceptors (Lipinski definition) is 10. The molecule has 0 bridgehead atoms. The van der Waals surface area contributed by atoms with Crippen molar-refractivity contribution in [1.82, 2.24) is 40.4 Å². The Kier molecular flexibility index (Phi) is 13.4. The number of rotatable bonds is 11. The van der Waals surface area contributed by atoms with Crippen molar-refractivity contribution < 1.29 is 38.1 Å². The van der Waals surface area contributed by atoms with Crippen LogP contribution in [-0.4, -0.2) is 120 Å². The summed E-state index contributed by atoms with van der Waals surface area (Å²) in [5, 5.41) is 7.85. The number of hydrogen-bond donors (Lipinski definition) is 4. The van der Waals surface area contributed by atoms with E-state index in [4.69, 9.17) is 28.9 Å². The first-order valence-corrected chi connectivity index (χ1v) is 23.3. The fourth-order valence-electron chi connectivity index (χ4n) is 10.4. The van der Waals surface area contributed by atoms with Crippen LogP contribution in [0.15, 0.2) is 73.1 Å². The van der Waals surface area contributed by atoms with E-state index in [1.165, 1.54) is 14.2 Å². The average Bonchev–Trinajstić information content (AvgIpc) is 4.19. The molecule has 0 aliphatic carbocycles. The van der Waals surface area contributed by atoms with Crippen LogP contribution in [0.25, 0.3) is 44.4 Å². The van der Waals surface area contributed by atoms with E-state index >= 15 is 0 Å². The number of H-pyrrole nitrogens is 2. The summed E-state index contributed by atoms with van der Waals surface area (Å²) in [6, 6.07) is 19.3. The van der Waals surface area contributed by atoms with Gasteiger partial charge >= 0.3 is 12.2 Å². The highest BCUT2D eigenvalue weighted by molar-refractivity contribution is 5.91. The fourth-order valence-corrected chi connectivity index (χ4v) is 10.4. The van der Waals surface area contributed by atoms with E-state index in [1.54, 1.807) is 0 Å². The normalized spacial score (nSPS) is 22.5. The van der Waals surface area contributed by atoms with Gasteiger partial charge in [0.25, 0.3) is 0 Å². The van der Waals surface area contributed by atoms with Crippen LogP contribution >= 0.6 is 0 Å². The molecule has 16 heteroatoms. The third-order valence-corrected chi connectivity index (χ3v) is 14.0. The number of nitrogens with one attached hydrogen (secondary N) is 4. The van der Waals surface area contributed by atoms with Gasteiger partial charge in [-0.15, -0.1) is 0 Å². The number of fused-ring (bicyclic) bond motifs is 1. The Labute approximate surface area is 384 Å². The molecular weight excluding hydrogens is 841 g/mol. The Bertz CT molecular complexity index is 2530. The maximum atomic E-state index is 14.2. The number of alkyl carbamates (subject to hydrolysis) is 2. The third kappa shape index (κ3) is 9.52. The molecule has 4 saturated heterocycles. The zero-order chi connectivity index (χ0) is 45.9. The van der Waals surface area contributed by atoms with E-state index in [2.05, 4.69) is 95.1 Å². The molecule has 0 radical (unpaired) electrons. The van der Waals surface area contributed by atoms with Crippen LogP contribution in [0.3, 0.4) is 0 Å². The Morgan fingerprint density at radius 1 is 0.606 bits per heavy atom. The minimum absolute atomic E-state index is 0.0378. The lowest BCUT2D eigenvalue weighted by molar-refractivity contribution is -0.137. The maximum Gasteiger partial charge on any atom is 0.407 e. The number of aromatic amines is 2. The summed E-state index contributed by atoms with van der Waals surface area (Å²) in [7, 11) is 2.62. The van der Waals surface area contributed by atoms with Crippen LogP contribution in [0.1, 0.15) is 76.1 Å². The molecule has 0 saturated carbocycles. The van der Waals surface area contributed by atoms with E-state index < -0.39 is 24.3 Å². The summed E-state index contributed by atoms with van der Waals surface area (Å²) in [5.74, 6) is 1.68. The van der Waals surface area contributed by atoms with E-state index in [0.717, 1.165) is 68.9 Å². The molecule has 2 aromatic heterocycles. The quantitative estimate of drug-likeness (QED) is 0.104. The van der Waals surface area contributed by atoms with Crippen LogP contribution < -0.4 is 10.6 Å². The maximum absolute atomic E-state index is 14.2. The molecule has 5 aromatic rings. The summed E-state index contributed by atoms with van der Waals surface area (Å²) in [4.78, 5) is 73.4. The van der Waals surface area contributed by atoms with E-state index in [9.17, 15) is 19.2 Å². The van der Waals surface area contributed by atoms with Crippen LogP contribution in [0.4, 0.5) is 9.59 Å². The lowest BCUT2D eigenvalue weighted by Crippen LogP contribution is -2.53. The molecule has 66 heavy (non-hydrogen) atoms. The van der Waals surface area contributed by atoms with Gasteiger partial charge in [-0.3, -0.25) is 9.59 Å². The van der Waals surface area contributed by atoms with Gasteiger partial charge in [0.15, 0.2) is 0 Å². The average molecular weight is 901 g/mol. The zero-order valence-corrected chi connectivity index (χ0v) is 38.1. The molecule has 16 nitrogen and oxygen atoms in total. The Balaban J connectivity index is 0.875. The van der Waals surface area contributed by atoms with Gasteiger partial charge in [0.05, 0.1) is 50.1 Å². The number of aromatic nitrogens is 4. The van der Waals surface area contributed by atoms with Crippen molar-refractivity contribution in [1.29, 1.82) is 0 Å². The standard InChI is InChI=1S/C50H60N8O8/c1-29-21-41(57(27-29)47(59)43(55-49(61)63-3)33-13-17-65-18-14-33)45-51-25-39(53-45)32-7-5-31(6-8-32)35-9-10-37-24-38(12-11-36(37)23-35)40-26-52-46(54-40)42-22-30(2)28-58(42)48(60)44(56-50(62)64-4)34-15-19-66-20-16-34/h5-12,23-26,29-30,33-34,41-44H,13-22,27-28H2,1-4H3,(H,51,53)(H,52,54)(H,55,61)(H,56,62)/t29-,30-,41-,42-,43-,44-/m0/s1.